The van der Waals surface area contributed by atoms with Crippen molar-refractivity contribution >= 4 is 24.7 Å². The van der Waals surface area contributed by atoms with Crippen LogP contribution in [0, 0.1) is 5.82 Å². The van der Waals surface area contributed by atoms with Gasteiger partial charge in [-0.3, -0.25) is 0 Å². The zero-order chi connectivity index (χ0) is 22.9. The first-order chi connectivity index (χ1) is 14.2. The highest BCUT2D eigenvalue weighted by molar-refractivity contribution is 6.62. The van der Waals surface area contributed by atoms with E-state index in [1.807, 2.05) is 85.7 Å². The molecule has 0 spiro atoms. The lowest BCUT2D eigenvalue weighted by molar-refractivity contribution is 0.00578. The summed E-state index contributed by atoms with van der Waals surface area (Å²) in [5.41, 5.74) is 1.99. The highest BCUT2D eigenvalue weighted by Gasteiger charge is 2.51. The van der Waals surface area contributed by atoms with Crippen LogP contribution in [0.5, 0.6) is 5.75 Å². The van der Waals surface area contributed by atoms with Crippen LogP contribution in [0.2, 0.25) is 0 Å². The molecule has 0 N–H and O–H groups in total. The van der Waals surface area contributed by atoms with Gasteiger partial charge in [-0.15, -0.1) is 0 Å². The minimum atomic E-state index is -0.451. The molecule has 30 heavy (non-hydrogen) atoms. The zero-order valence-electron chi connectivity index (χ0n) is 19.9. The monoisotopic (exact) mass is 414 g/mol. The predicted octanol–water partition coefficient (Wildman–Crippen LogP) is 6.36. The molecule has 3 nitrogen and oxygen atoms in total. The van der Waals surface area contributed by atoms with Gasteiger partial charge in [-0.2, -0.15) is 0 Å². The Bertz CT molecular complexity index is 798. The van der Waals surface area contributed by atoms with E-state index in [9.17, 15) is 4.39 Å². The lowest BCUT2D eigenvalue weighted by Crippen LogP contribution is -2.41. The molecule has 1 fully saturated rings. The molecule has 2 aromatic rings. The smallest absolute Gasteiger partial charge is 0.494 e. The molecule has 1 aliphatic rings. The van der Waals surface area contributed by atoms with E-state index in [4.69, 9.17) is 14.0 Å². The second-order valence-corrected chi connectivity index (χ2v) is 7.51. The van der Waals surface area contributed by atoms with Gasteiger partial charge in [-0.05, 0) is 68.6 Å². The SMILES string of the molecule is CC.CC.COc1cc(/C=C/c2ccc(F)cc2)cc(B2OC(C)(C)C(C)(C)O2)c1. The molecule has 0 unspecified atom stereocenters. The number of hydrogen-bond acceptors (Lipinski definition) is 3. The van der Waals surface area contributed by atoms with Crippen molar-refractivity contribution in [3.8, 4) is 5.75 Å². The van der Waals surface area contributed by atoms with Gasteiger partial charge in [-0.1, -0.05) is 58.0 Å². The standard InChI is InChI=1S/C21H24BFO3.2C2H6/c1-20(2)21(3,4)26-22(25-20)17-12-16(13-19(14-17)24-5)7-6-15-8-10-18(23)11-9-15;2*1-2/h6-14H,1-5H3;2*1-2H3/b7-6+;;. The molecule has 1 saturated heterocycles. The molecule has 0 amide bonds. The number of rotatable bonds is 4. The Labute approximate surface area is 182 Å². The van der Waals surface area contributed by atoms with Gasteiger partial charge in [0, 0.05) is 0 Å². The van der Waals surface area contributed by atoms with Crippen LogP contribution in [0.25, 0.3) is 12.2 Å². The van der Waals surface area contributed by atoms with Crippen molar-refractivity contribution in [1.29, 1.82) is 0 Å². The van der Waals surface area contributed by atoms with E-state index in [0.29, 0.717) is 0 Å². The molecule has 0 aromatic heterocycles. The number of hydrogen-bond donors (Lipinski definition) is 0. The fraction of sp³-hybridized carbons (Fsp3) is 0.440. The largest absolute Gasteiger partial charge is 0.497 e. The summed E-state index contributed by atoms with van der Waals surface area (Å²) in [6.07, 6.45) is 3.90. The number of methoxy groups -OCH3 is 1. The molecule has 2 aromatic carbocycles. The van der Waals surface area contributed by atoms with Gasteiger partial charge < -0.3 is 14.0 Å². The number of halogens is 1. The second kappa shape index (κ2) is 11.3. The first-order valence-electron chi connectivity index (χ1n) is 10.7. The van der Waals surface area contributed by atoms with Crippen molar-refractivity contribution in [2.45, 2.75) is 66.6 Å². The fourth-order valence-electron chi connectivity index (χ4n) is 2.74. The van der Waals surface area contributed by atoms with Crippen LogP contribution < -0.4 is 10.2 Å². The Hall–Kier alpha value is -2.11. The highest BCUT2D eigenvalue weighted by atomic mass is 19.1. The topological polar surface area (TPSA) is 27.7 Å². The quantitative estimate of drug-likeness (QED) is 0.431. The molecule has 0 aliphatic carbocycles. The van der Waals surface area contributed by atoms with Crippen molar-refractivity contribution in [2.24, 2.45) is 0 Å². The summed E-state index contributed by atoms with van der Waals surface area (Å²) in [4.78, 5) is 0. The molecule has 0 radical (unpaired) electrons. The van der Waals surface area contributed by atoms with Gasteiger partial charge in [0.15, 0.2) is 0 Å². The van der Waals surface area contributed by atoms with Crippen LogP contribution in [0.3, 0.4) is 0 Å². The van der Waals surface area contributed by atoms with Crippen molar-refractivity contribution in [1.82, 2.24) is 0 Å². The first kappa shape index (κ1) is 25.9. The molecule has 0 saturated carbocycles. The molecule has 3 rings (SSSR count). The maximum Gasteiger partial charge on any atom is 0.494 e. The molecule has 0 bridgehead atoms. The minimum Gasteiger partial charge on any atom is -0.497 e. The van der Waals surface area contributed by atoms with E-state index in [-0.39, 0.29) is 5.82 Å². The van der Waals surface area contributed by atoms with E-state index in [1.165, 1.54) is 12.1 Å². The van der Waals surface area contributed by atoms with Crippen molar-refractivity contribution in [3.05, 3.63) is 59.4 Å². The Morgan fingerprint density at radius 1 is 0.800 bits per heavy atom. The van der Waals surface area contributed by atoms with E-state index < -0.39 is 18.3 Å². The average Bonchev–Trinajstić information content (AvgIpc) is 2.97. The van der Waals surface area contributed by atoms with Crippen molar-refractivity contribution in [3.63, 3.8) is 0 Å². The maximum atomic E-state index is 13.0. The summed E-state index contributed by atoms with van der Waals surface area (Å²) in [7, 11) is 1.18. The number of benzene rings is 2. The van der Waals surface area contributed by atoms with Gasteiger partial charge in [0.25, 0.3) is 0 Å². The summed E-state index contributed by atoms with van der Waals surface area (Å²) in [6.45, 7) is 16.1. The van der Waals surface area contributed by atoms with Gasteiger partial charge in [-0.25, -0.2) is 4.39 Å². The van der Waals surface area contributed by atoms with Crippen molar-refractivity contribution < 1.29 is 18.4 Å². The van der Waals surface area contributed by atoms with Crippen LogP contribution in [0.1, 0.15) is 66.5 Å². The Kier molecular flexibility index (Phi) is 9.79. The third kappa shape index (κ3) is 6.45. The summed E-state index contributed by atoms with van der Waals surface area (Å²) < 4.78 is 30.7. The fourth-order valence-corrected chi connectivity index (χ4v) is 2.74. The Balaban J connectivity index is 0.00000106. The van der Waals surface area contributed by atoms with Gasteiger partial charge >= 0.3 is 7.12 Å². The van der Waals surface area contributed by atoms with Gasteiger partial charge in [0.2, 0.25) is 0 Å². The summed E-state index contributed by atoms with van der Waals surface area (Å²) in [5.74, 6) is 0.488. The van der Waals surface area contributed by atoms with E-state index in [0.717, 1.165) is 22.3 Å². The average molecular weight is 414 g/mol. The van der Waals surface area contributed by atoms with Crippen LogP contribution in [0.4, 0.5) is 4.39 Å². The van der Waals surface area contributed by atoms with E-state index in [2.05, 4.69) is 0 Å². The molecular weight excluding hydrogens is 378 g/mol. The van der Waals surface area contributed by atoms with E-state index >= 15 is 0 Å². The maximum absolute atomic E-state index is 13.0. The van der Waals surface area contributed by atoms with Crippen molar-refractivity contribution in [2.75, 3.05) is 7.11 Å². The molecule has 1 aliphatic heterocycles. The second-order valence-electron chi connectivity index (χ2n) is 7.51. The summed E-state index contributed by atoms with van der Waals surface area (Å²) in [5, 5.41) is 0. The summed E-state index contributed by atoms with van der Waals surface area (Å²) >= 11 is 0. The predicted molar refractivity (Wildman–Crippen MR) is 127 cm³/mol. The Morgan fingerprint density at radius 3 is 1.80 bits per heavy atom. The number of ether oxygens (including phenoxy) is 1. The summed E-state index contributed by atoms with van der Waals surface area (Å²) in [6, 6.07) is 12.3. The third-order valence-electron chi connectivity index (χ3n) is 5.05. The van der Waals surface area contributed by atoms with Crippen LogP contribution >= 0.6 is 0 Å². The minimum absolute atomic E-state index is 0.244. The molecule has 0 atom stereocenters. The molecule has 164 valence electrons. The van der Waals surface area contributed by atoms with Gasteiger partial charge in [0.05, 0.1) is 18.3 Å². The lowest BCUT2D eigenvalue weighted by Gasteiger charge is -2.32. The normalized spacial score (nSPS) is 16.4. The van der Waals surface area contributed by atoms with Gasteiger partial charge in [0.1, 0.15) is 11.6 Å². The Morgan fingerprint density at radius 2 is 1.30 bits per heavy atom. The van der Waals surface area contributed by atoms with Crippen LogP contribution in [0.15, 0.2) is 42.5 Å². The third-order valence-corrected chi connectivity index (χ3v) is 5.05. The van der Waals surface area contributed by atoms with Crippen LogP contribution in [-0.2, 0) is 9.31 Å². The molecule has 5 heteroatoms. The lowest BCUT2D eigenvalue weighted by atomic mass is 9.78. The zero-order valence-corrected chi connectivity index (χ0v) is 19.9. The first-order valence-corrected chi connectivity index (χ1v) is 10.7. The van der Waals surface area contributed by atoms with E-state index in [1.54, 1.807) is 19.2 Å². The highest BCUT2D eigenvalue weighted by Crippen LogP contribution is 2.36. The van der Waals surface area contributed by atoms with Crippen LogP contribution in [-0.4, -0.2) is 25.4 Å². The molecule has 1 heterocycles. The molecular formula is C25H36BFO3.